The van der Waals surface area contributed by atoms with Gasteiger partial charge in [0.2, 0.25) is 0 Å². The van der Waals surface area contributed by atoms with Crippen molar-refractivity contribution >= 4 is 0 Å². The Kier molecular flexibility index (Phi) is 7.13. The molecule has 0 amide bonds. The van der Waals surface area contributed by atoms with Gasteiger partial charge in [0.25, 0.3) is 0 Å². The minimum absolute atomic E-state index is 0.524. The topological polar surface area (TPSA) is 21.7 Å². The van der Waals surface area contributed by atoms with Crippen LogP contribution in [0.25, 0.3) is 0 Å². The maximum absolute atomic E-state index is 5.94. The Bertz CT molecular complexity index is 620. The predicted octanol–water partition coefficient (Wildman–Crippen LogP) is 4.33. The first kappa shape index (κ1) is 18.3. The lowest BCUT2D eigenvalue weighted by molar-refractivity contribution is 0.296. The van der Waals surface area contributed by atoms with Crippen molar-refractivity contribution in [2.75, 3.05) is 27.7 Å². The van der Waals surface area contributed by atoms with Crippen molar-refractivity contribution in [2.45, 2.75) is 32.8 Å². The van der Waals surface area contributed by atoms with Gasteiger partial charge in [-0.05, 0) is 75.3 Å². The summed E-state index contributed by atoms with van der Waals surface area (Å²) in [6.45, 7) is 3.78. The fourth-order valence-corrected chi connectivity index (χ4v) is 2.68. The van der Waals surface area contributed by atoms with Gasteiger partial charge in [0.15, 0.2) is 0 Å². The normalized spacial score (nSPS) is 10.9. The second-order valence-electron chi connectivity index (χ2n) is 6.34. The first-order valence-electron chi connectivity index (χ1n) is 8.64. The average molecular weight is 327 g/mol. The number of hydrogen-bond donors (Lipinski definition) is 0. The fourth-order valence-electron chi connectivity index (χ4n) is 2.68. The van der Waals surface area contributed by atoms with E-state index in [0.717, 1.165) is 42.9 Å². The van der Waals surface area contributed by atoms with Gasteiger partial charge in [-0.1, -0.05) is 25.1 Å². The highest BCUT2D eigenvalue weighted by Crippen LogP contribution is 2.23. The zero-order chi connectivity index (χ0) is 17.4. The first-order valence-corrected chi connectivity index (χ1v) is 8.64. The second-order valence-corrected chi connectivity index (χ2v) is 6.34. The van der Waals surface area contributed by atoms with Crippen molar-refractivity contribution in [3.8, 4) is 11.5 Å². The highest BCUT2D eigenvalue weighted by atomic mass is 16.5. The summed E-state index contributed by atoms with van der Waals surface area (Å²) in [7, 11) is 5.93. The van der Waals surface area contributed by atoms with Gasteiger partial charge in [-0.15, -0.1) is 0 Å². The van der Waals surface area contributed by atoms with Gasteiger partial charge in [-0.2, -0.15) is 0 Å². The third kappa shape index (κ3) is 5.57. The van der Waals surface area contributed by atoms with Crippen LogP contribution in [0.2, 0.25) is 0 Å². The standard InChI is InChI=1S/C21H29NO2/c1-5-17-8-11-20(12-9-17)24-16-19-15-18(7-6-14-22(2)3)10-13-21(19)23-4/h8-13,15H,5-7,14,16H2,1-4H3. The predicted molar refractivity (Wildman–Crippen MR) is 100 cm³/mol. The molecule has 0 aliphatic rings. The maximum atomic E-state index is 5.94. The molecule has 0 aliphatic heterocycles. The molecule has 0 bridgehead atoms. The van der Waals surface area contributed by atoms with Crippen molar-refractivity contribution < 1.29 is 9.47 Å². The van der Waals surface area contributed by atoms with Crippen molar-refractivity contribution in [3.63, 3.8) is 0 Å². The third-order valence-corrected chi connectivity index (χ3v) is 4.14. The van der Waals surface area contributed by atoms with Crippen molar-refractivity contribution in [3.05, 3.63) is 59.2 Å². The largest absolute Gasteiger partial charge is 0.496 e. The Morgan fingerprint density at radius 2 is 1.67 bits per heavy atom. The molecule has 0 aromatic heterocycles. The first-order chi connectivity index (χ1) is 11.6. The Hall–Kier alpha value is -2.00. The van der Waals surface area contributed by atoms with E-state index in [1.165, 1.54) is 11.1 Å². The molecule has 0 unspecified atom stereocenters. The molecule has 0 aliphatic carbocycles. The fraction of sp³-hybridized carbons (Fsp3) is 0.429. The van der Waals surface area contributed by atoms with Crippen LogP contribution < -0.4 is 9.47 Å². The highest BCUT2D eigenvalue weighted by molar-refractivity contribution is 5.37. The zero-order valence-corrected chi connectivity index (χ0v) is 15.3. The Morgan fingerprint density at radius 3 is 2.29 bits per heavy atom. The van der Waals surface area contributed by atoms with Crippen molar-refractivity contribution in [1.29, 1.82) is 0 Å². The number of ether oxygens (including phenoxy) is 2. The molecule has 0 saturated heterocycles. The van der Waals surface area contributed by atoms with Gasteiger partial charge < -0.3 is 14.4 Å². The molecule has 3 nitrogen and oxygen atoms in total. The number of aryl methyl sites for hydroxylation is 2. The number of hydrogen-bond acceptors (Lipinski definition) is 3. The Balaban J connectivity index is 2.00. The highest BCUT2D eigenvalue weighted by Gasteiger charge is 2.06. The summed E-state index contributed by atoms with van der Waals surface area (Å²) in [6.07, 6.45) is 3.27. The molecule has 130 valence electrons. The Morgan fingerprint density at radius 1 is 0.958 bits per heavy atom. The lowest BCUT2D eigenvalue weighted by Crippen LogP contribution is -2.13. The van der Waals surface area contributed by atoms with Gasteiger partial charge >= 0.3 is 0 Å². The molecular weight excluding hydrogens is 298 g/mol. The summed E-state index contributed by atoms with van der Waals surface area (Å²) in [5.74, 6) is 1.78. The average Bonchev–Trinajstić information content (AvgIpc) is 2.60. The summed E-state index contributed by atoms with van der Waals surface area (Å²) in [5.41, 5.74) is 3.75. The monoisotopic (exact) mass is 327 g/mol. The van der Waals surface area contributed by atoms with Crippen LogP contribution in [0.15, 0.2) is 42.5 Å². The molecule has 0 spiro atoms. The van der Waals surface area contributed by atoms with E-state index in [1.54, 1.807) is 7.11 Å². The van der Waals surface area contributed by atoms with E-state index in [4.69, 9.17) is 9.47 Å². The van der Waals surface area contributed by atoms with Crippen LogP contribution in [0, 0.1) is 0 Å². The second kappa shape index (κ2) is 9.33. The minimum Gasteiger partial charge on any atom is -0.496 e. The van der Waals surface area contributed by atoms with Gasteiger partial charge in [0.1, 0.15) is 18.1 Å². The molecule has 0 N–H and O–H groups in total. The van der Waals surface area contributed by atoms with Crippen LogP contribution in [0.3, 0.4) is 0 Å². The van der Waals surface area contributed by atoms with Crippen LogP contribution in [0.5, 0.6) is 11.5 Å². The zero-order valence-electron chi connectivity index (χ0n) is 15.3. The van der Waals surface area contributed by atoms with Gasteiger partial charge in [-0.25, -0.2) is 0 Å². The van der Waals surface area contributed by atoms with Gasteiger partial charge in [-0.3, -0.25) is 0 Å². The molecule has 0 radical (unpaired) electrons. The van der Waals surface area contributed by atoms with Gasteiger partial charge in [0, 0.05) is 5.56 Å². The van der Waals surface area contributed by atoms with Crippen LogP contribution >= 0.6 is 0 Å². The van der Waals surface area contributed by atoms with E-state index >= 15 is 0 Å². The quantitative estimate of drug-likeness (QED) is 0.684. The summed E-state index contributed by atoms with van der Waals surface area (Å²) in [6, 6.07) is 14.7. The number of rotatable bonds is 9. The molecule has 3 heteroatoms. The van der Waals surface area contributed by atoms with E-state index in [-0.39, 0.29) is 0 Å². The summed E-state index contributed by atoms with van der Waals surface area (Å²) in [5, 5.41) is 0. The molecule has 0 atom stereocenters. The molecule has 2 aromatic rings. The lowest BCUT2D eigenvalue weighted by Gasteiger charge is -2.13. The Labute approximate surface area is 146 Å². The molecular formula is C21H29NO2. The molecule has 2 rings (SSSR count). The summed E-state index contributed by atoms with van der Waals surface area (Å²) in [4.78, 5) is 2.22. The van der Waals surface area contributed by atoms with Crippen LogP contribution in [0.4, 0.5) is 0 Å². The van der Waals surface area contributed by atoms with Crippen molar-refractivity contribution in [2.24, 2.45) is 0 Å². The molecule has 0 heterocycles. The molecule has 24 heavy (non-hydrogen) atoms. The summed E-state index contributed by atoms with van der Waals surface area (Å²) < 4.78 is 11.4. The molecule has 0 saturated carbocycles. The maximum Gasteiger partial charge on any atom is 0.125 e. The third-order valence-electron chi connectivity index (χ3n) is 4.14. The van der Waals surface area contributed by atoms with Crippen LogP contribution in [-0.2, 0) is 19.4 Å². The van der Waals surface area contributed by atoms with Crippen molar-refractivity contribution in [1.82, 2.24) is 4.90 Å². The van der Waals surface area contributed by atoms with E-state index in [0.29, 0.717) is 6.61 Å². The van der Waals surface area contributed by atoms with Crippen LogP contribution in [0.1, 0.15) is 30.0 Å². The molecule has 0 fully saturated rings. The smallest absolute Gasteiger partial charge is 0.125 e. The van der Waals surface area contributed by atoms with Crippen LogP contribution in [-0.4, -0.2) is 32.6 Å². The van der Waals surface area contributed by atoms with E-state index in [1.807, 2.05) is 18.2 Å². The van der Waals surface area contributed by atoms with E-state index in [9.17, 15) is 0 Å². The number of methoxy groups -OCH3 is 1. The molecule has 2 aromatic carbocycles. The number of benzene rings is 2. The van der Waals surface area contributed by atoms with E-state index in [2.05, 4.69) is 50.2 Å². The summed E-state index contributed by atoms with van der Waals surface area (Å²) >= 11 is 0. The van der Waals surface area contributed by atoms with Gasteiger partial charge in [0.05, 0.1) is 7.11 Å². The minimum atomic E-state index is 0.524. The van der Waals surface area contributed by atoms with E-state index < -0.39 is 0 Å². The SMILES string of the molecule is CCc1ccc(OCc2cc(CCCN(C)C)ccc2OC)cc1. The lowest BCUT2D eigenvalue weighted by atomic mass is 10.1. The number of nitrogens with zero attached hydrogens (tertiary/aromatic N) is 1.